The first-order valence-corrected chi connectivity index (χ1v) is 13.6. The second-order valence-electron chi connectivity index (χ2n) is 9.72. The van der Waals surface area contributed by atoms with E-state index in [1.165, 1.54) is 5.56 Å². The molecule has 2 N–H and O–H groups in total. The lowest BCUT2D eigenvalue weighted by atomic mass is 9.88. The largest absolute Gasteiger partial charge is 0.360 e. The molecule has 34 heavy (non-hydrogen) atoms. The fourth-order valence-electron chi connectivity index (χ4n) is 4.98. The minimum absolute atomic E-state index is 0.0240. The number of hydrogen-bond donors (Lipinski definition) is 1. The number of nitrogens with two attached hydrogens (primary N) is 1. The Morgan fingerprint density at radius 1 is 1.09 bits per heavy atom. The number of primary sulfonamides is 1. The predicted molar refractivity (Wildman–Crippen MR) is 134 cm³/mol. The fraction of sp³-hybridized carbons (Fsp3) is 0.500. The van der Waals surface area contributed by atoms with Gasteiger partial charge in [-0.1, -0.05) is 42.5 Å². The van der Waals surface area contributed by atoms with Crippen LogP contribution in [0.3, 0.4) is 0 Å². The number of hydrogen-bond acceptors (Lipinski definition) is 5. The van der Waals surface area contributed by atoms with Crippen molar-refractivity contribution in [3.8, 4) is 0 Å². The third-order valence-electron chi connectivity index (χ3n) is 7.11. The molecular formula is C26H35N3O4S. The van der Waals surface area contributed by atoms with Crippen LogP contribution in [0.25, 0.3) is 0 Å². The average molecular weight is 486 g/mol. The van der Waals surface area contributed by atoms with Gasteiger partial charge in [0.15, 0.2) is 0 Å². The van der Waals surface area contributed by atoms with Gasteiger partial charge in [0.05, 0.1) is 17.4 Å². The Bertz CT molecular complexity index is 1100. The van der Waals surface area contributed by atoms with E-state index >= 15 is 0 Å². The molecule has 1 spiro atoms. The number of nitrogens with zero attached hydrogens (tertiary/aromatic N) is 2. The summed E-state index contributed by atoms with van der Waals surface area (Å²) in [4.78, 5) is 17.1. The Hall–Kier alpha value is -2.26. The van der Waals surface area contributed by atoms with Crippen LogP contribution in [0.5, 0.6) is 0 Å². The first-order valence-electron chi connectivity index (χ1n) is 12.0. The van der Waals surface area contributed by atoms with Gasteiger partial charge in [0.25, 0.3) is 5.91 Å². The van der Waals surface area contributed by atoms with Gasteiger partial charge in [-0.25, -0.2) is 13.6 Å². The molecule has 4 rings (SSSR count). The molecule has 0 aliphatic carbocycles. The maximum Gasteiger partial charge on any atom is 0.255 e. The molecule has 2 unspecified atom stereocenters. The molecule has 0 aromatic heterocycles. The van der Waals surface area contributed by atoms with E-state index in [0.717, 1.165) is 50.1 Å². The van der Waals surface area contributed by atoms with E-state index in [1.807, 2.05) is 54.3 Å². The van der Waals surface area contributed by atoms with Crippen molar-refractivity contribution in [1.82, 2.24) is 4.90 Å². The summed E-state index contributed by atoms with van der Waals surface area (Å²) in [6, 6.07) is 18.0. The zero-order chi connectivity index (χ0) is 24.3. The van der Waals surface area contributed by atoms with Crippen LogP contribution in [0.1, 0.15) is 37.8 Å². The molecule has 0 bridgehead atoms. The summed E-state index contributed by atoms with van der Waals surface area (Å²) in [5, 5.41) is 4.68. The summed E-state index contributed by atoms with van der Waals surface area (Å²) in [7, 11) is -3.53. The summed E-state index contributed by atoms with van der Waals surface area (Å²) >= 11 is 0. The first kappa shape index (κ1) is 24.9. The molecule has 2 aromatic carbocycles. The van der Waals surface area contributed by atoms with Crippen LogP contribution in [0, 0.1) is 0 Å². The molecule has 2 atom stereocenters. The SMILES string of the molecule is CC1OC2(CCN(CCc3cccc(CC(C)S(N)(=O)=O)c3)CC2)CN(c2ccccc2)C1=O. The maximum atomic E-state index is 12.8. The number of likely N-dealkylation sites (tertiary alicyclic amines) is 1. The predicted octanol–water partition coefficient (Wildman–Crippen LogP) is 2.74. The third-order valence-corrected chi connectivity index (χ3v) is 8.40. The third kappa shape index (κ3) is 5.86. The molecule has 2 heterocycles. The van der Waals surface area contributed by atoms with Crippen molar-refractivity contribution in [1.29, 1.82) is 0 Å². The number of sulfonamides is 1. The van der Waals surface area contributed by atoms with Crippen molar-refractivity contribution in [2.75, 3.05) is 31.1 Å². The van der Waals surface area contributed by atoms with Crippen LogP contribution in [0.4, 0.5) is 5.69 Å². The van der Waals surface area contributed by atoms with Crippen molar-refractivity contribution in [2.45, 2.75) is 56.5 Å². The molecule has 0 radical (unpaired) electrons. The lowest BCUT2D eigenvalue weighted by molar-refractivity contribution is -0.161. The van der Waals surface area contributed by atoms with E-state index < -0.39 is 21.4 Å². The van der Waals surface area contributed by atoms with Gasteiger partial charge in [0.2, 0.25) is 10.0 Å². The van der Waals surface area contributed by atoms with E-state index in [9.17, 15) is 13.2 Å². The van der Waals surface area contributed by atoms with Gasteiger partial charge in [-0.2, -0.15) is 0 Å². The summed E-state index contributed by atoms with van der Waals surface area (Å²) in [5.41, 5.74) is 2.82. The van der Waals surface area contributed by atoms with Crippen molar-refractivity contribution in [3.05, 3.63) is 65.7 Å². The summed E-state index contributed by atoms with van der Waals surface area (Å²) < 4.78 is 29.4. The highest BCUT2D eigenvalue weighted by molar-refractivity contribution is 7.89. The van der Waals surface area contributed by atoms with Crippen molar-refractivity contribution in [2.24, 2.45) is 5.14 Å². The Morgan fingerprint density at radius 3 is 2.44 bits per heavy atom. The number of benzene rings is 2. The second-order valence-corrected chi connectivity index (χ2v) is 11.7. The van der Waals surface area contributed by atoms with E-state index in [0.29, 0.717) is 13.0 Å². The highest BCUT2D eigenvalue weighted by Crippen LogP contribution is 2.35. The standard InChI is InChI=1S/C26H35N3O4S/c1-20(34(27,31)32)17-23-8-6-7-22(18-23)11-14-28-15-12-26(13-16-28)19-29(25(30)21(2)33-26)24-9-4-3-5-10-24/h3-10,18,20-21H,11-17,19H2,1-2H3,(H2,27,31,32). The van der Waals surface area contributed by atoms with Gasteiger partial charge in [-0.3, -0.25) is 4.79 Å². The van der Waals surface area contributed by atoms with Crippen molar-refractivity contribution in [3.63, 3.8) is 0 Å². The highest BCUT2D eigenvalue weighted by atomic mass is 32.2. The van der Waals surface area contributed by atoms with Crippen LogP contribution in [-0.2, 0) is 32.4 Å². The molecule has 2 fully saturated rings. The number of ether oxygens (including phenoxy) is 1. The van der Waals surface area contributed by atoms with Gasteiger partial charge in [-0.15, -0.1) is 0 Å². The van der Waals surface area contributed by atoms with E-state index in [4.69, 9.17) is 9.88 Å². The number of para-hydroxylation sites is 1. The van der Waals surface area contributed by atoms with Crippen molar-refractivity contribution >= 4 is 21.6 Å². The van der Waals surface area contributed by atoms with Gasteiger partial charge in [0, 0.05) is 25.3 Å². The van der Waals surface area contributed by atoms with Gasteiger partial charge in [0.1, 0.15) is 6.10 Å². The minimum Gasteiger partial charge on any atom is -0.360 e. The summed E-state index contributed by atoms with van der Waals surface area (Å²) in [6.07, 6.45) is 2.66. The fourth-order valence-corrected chi connectivity index (χ4v) is 5.41. The van der Waals surface area contributed by atoms with Crippen LogP contribution < -0.4 is 10.0 Å². The Morgan fingerprint density at radius 2 is 1.76 bits per heavy atom. The zero-order valence-corrected chi connectivity index (χ0v) is 20.8. The lowest BCUT2D eigenvalue weighted by Crippen LogP contribution is -2.61. The molecule has 2 aromatic rings. The van der Waals surface area contributed by atoms with Gasteiger partial charge < -0.3 is 14.5 Å². The van der Waals surface area contributed by atoms with Crippen LogP contribution >= 0.6 is 0 Å². The molecule has 7 nitrogen and oxygen atoms in total. The molecule has 2 aliphatic rings. The molecule has 1 amide bonds. The van der Waals surface area contributed by atoms with Crippen LogP contribution in [0.15, 0.2) is 54.6 Å². The number of carbonyl (C=O) groups is 1. The molecule has 2 aliphatic heterocycles. The van der Waals surface area contributed by atoms with Crippen LogP contribution in [0.2, 0.25) is 0 Å². The normalized spacial score (nSPS) is 22.1. The molecule has 8 heteroatoms. The first-order chi connectivity index (χ1) is 16.2. The summed E-state index contributed by atoms with van der Waals surface area (Å²) in [6.45, 7) is 6.87. The number of morpholine rings is 1. The quantitative estimate of drug-likeness (QED) is 0.651. The highest BCUT2D eigenvalue weighted by Gasteiger charge is 2.45. The van der Waals surface area contributed by atoms with Crippen LogP contribution in [-0.4, -0.2) is 62.4 Å². The molecule has 184 valence electrons. The van der Waals surface area contributed by atoms with Gasteiger partial charge in [-0.05, 0) is 62.8 Å². The second kappa shape index (κ2) is 10.2. The average Bonchev–Trinajstić information content (AvgIpc) is 2.81. The number of amides is 1. The minimum atomic E-state index is -3.53. The zero-order valence-electron chi connectivity index (χ0n) is 20.0. The lowest BCUT2D eigenvalue weighted by Gasteiger charge is -2.49. The summed E-state index contributed by atoms with van der Waals surface area (Å²) in [5.74, 6) is 0.0240. The van der Waals surface area contributed by atoms with Gasteiger partial charge >= 0.3 is 0 Å². The Kier molecular flexibility index (Phi) is 7.42. The van der Waals surface area contributed by atoms with E-state index in [1.54, 1.807) is 6.92 Å². The molecule has 0 saturated carbocycles. The number of anilines is 1. The number of rotatable bonds is 7. The maximum absolute atomic E-state index is 12.8. The van der Waals surface area contributed by atoms with Crippen molar-refractivity contribution < 1.29 is 17.9 Å². The monoisotopic (exact) mass is 485 g/mol. The topological polar surface area (TPSA) is 92.9 Å². The number of piperidine rings is 1. The Labute approximate surface area is 202 Å². The smallest absolute Gasteiger partial charge is 0.255 e. The van der Waals surface area contributed by atoms with E-state index in [-0.39, 0.29) is 11.5 Å². The Balaban J connectivity index is 1.33. The number of carbonyl (C=O) groups excluding carboxylic acids is 1. The molecular weight excluding hydrogens is 450 g/mol. The van der Waals surface area contributed by atoms with E-state index in [2.05, 4.69) is 17.0 Å². The molecule has 2 saturated heterocycles.